The minimum atomic E-state index is -3.76. The Hall–Kier alpha value is -2.87. The summed E-state index contributed by atoms with van der Waals surface area (Å²) in [5.41, 5.74) is 3.23. The van der Waals surface area contributed by atoms with Crippen LogP contribution in [0.15, 0.2) is 48.5 Å². The van der Waals surface area contributed by atoms with Crippen molar-refractivity contribution in [2.24, 2.45) is 0 Å². The SMILES string of the molecule is CCCCNC(=O)[C@H](C)N(Cc1cccc(C)c1)C(=O)CN(c1ccccc1C(C)C)S(C)(=O)=O. The third-order valence-electron chi connectivity index (χ3n) is 5.94. The molecule has 2 aromatic carbocycles. The quantitative estimate of drug-likeness (QED) is 0.441. The van der Waals surface area contributed by atoms with E-state index >= 15 is 0 Å². The van der Waals surface area contributed by atoms with Crippen LogP contribution >= 0.6 is 0 Å². The first-order valence-corrected chi connectivity index (χ1v) is 14.0. The van der Waals surface area contributed by atoms with Gasteiger partial charge in [0.1, 0.15) is 12.6 Å². The number of amides is 2. The Balaban J connectivity index is 2.42. The molecule has 0 bridgehead atoms. The fraction of sp³-hybridized carbons (Fsp3) is 0.481. The fourth-order valence-corrected chi connectivity index (χ4v) is 4.79. The van der Waals surface area contributed by atoms with Crippen LogP contribution < -0.4 is 9.62 Å². The van der Waals surface area contributed by atoms with Gasteiger partial charge in [-0.15, -0.1) is 0 Å². The van der Waals surface area contributed by atoms with Gasteiger partial charge in [0, 0.05) is 13.1 Å². The van der Waals surface area contributed by atoms with Gasteiger partial charge in [-0.25, -0.2) is 8.42 Å². The van der Waals surface area contributed by atoms with Gasteiger partial charge in [-0.05, 0) is 43.4 Å². The number of nitrogens with zero attached hydrogens (tertiary/aromatic N) is 2. The minimum Gasteiger partial charge on any atom is -0.354 e. The molecule has 2 rings (SSSR count). The van der Waals surface area contributed by atoms with Crippen molar-refractivity contribution in [2.45, 2.75) is 66.0 Å². The van der Waals surface area contributed by atoms with E-state index in [-0.39, 0.29) is 24.9 Å². The molecule has 0 aliphatic carbocycles. The van der Waals surface area contributed by atoms with Gasteiger partial charge < -0.3 is 10.2 Å². The average Bonchev–Trinajstić information content (AvgIpc) is 2.79. The Kier molecular flexibility index (Phi) is 10.3. The van der Waals surface area contributed by atoms with Crippen molar-refractivity contribution in [3.63, 3.8) is 0 Å². The summed E-state index contributed by atoms with van der Waals surface area (Å²) in [4.78, 5) is 28.0. The predicted octanol–water partition coefficient (Wildman–Crippen LogP) is 4.22. The lowest BCUT2D eigenvalue weighted by Gasteiger charge is -2.32. The Morgan fingerprint density at radius 2 is 1.71 bits per heavy atom. The monoisotopic (exact) mass is 501 g/mol. The summed E-state index contributed by atoms with van der Waals surface area (Å²) in [5, 5.41) is 2.89. The van der Waals surface area contributed by atoms with Crippen LogP contribution in [0.5, 0.6) is 0 Å². The van der Waals surface area contributed by atoms with Gasteiger partial charge in [-0.1, -0.05) is 75.2 Å². The molecule has 1 atom stereocenters. The number of sulfonamides is 1. The summed E-state index contributed by atoms with van der Waals surface area (Å²) >= 11 is 0. The van der Waals surface area contributed by atoms with Crippen molar-refractivity contribution in [1.29, 1.82) is 0 Å². The molecule has 0 unspecified atom stereocenters. The standard InChI is InChI=1S/C27H39N3O4S/c1-7-8-16-28-27(32)22(5)29(18-23-13-11-12-21(4)17-23)26(31)19-30(35(6,33)34)25-15-10-9-14-24(25)20(2)3/h9-15,17,20,22H,7-8,16,18-19H2,1-6H3,(H,28,32)/t22-/m0/s1. The number of aryl methyl sites for hydroxylation is 1. The first kappa shape index (κ1) is 28.4. The lowest BCUT2D eigenvalue weighted by atomic mass is 10.0. The molecule has 0 aromatic heterocycles. The summed E-state index contributed by atoms with van der Waals surface area (Å²) in [7, 11) is -3.76. The number of rotatable bonds is 12. The maximum absolute atomic E-state index is 13.7. The van der Waals surface area contributed by atoms with Crippen LogP contribution in [-0.2, 0) is 26.2 Å². The summed E-state index contributed by atoms with van der Waals surface area (Å²) in [6.45, 7) is 9.99. The molecule has 0 saturated carbocycles. The normalized spacial score (nSPS) is 12.3. The van der Waals surface area contributed by atoms with Crippen molar-refractivity contribution in [1.82, 2.24) is 10.2 Å². The van der Waals surface area contributed by atoms with Crippen molar-refractivity contribution in [3.05, 3.63) is 65.2 Å². The Bertz CT molecular complexity index is 1110. The smallest absolute Gasteiger partial charge is 0.244 e. The van der Waals surface area contributed by atoms with Gasteiger partial charge in [0.25, 0.3) is 0 Å². The number of benzene rings is 2. The second-order valence-electron chi connectivity index (χ2n) is 9.31. The van der Waals surface area contributed by atoms with Crippen LogP contribution in [-0.4, -0.2) is 50.5 Å². The zero-order valence-corrected chi connectivity index (χ0v) is 22.6. The van der Waals surface area contributed by atoms with Gasteiger partial charge >= 0.3 is 0 Å². The number of carbonyl (C=O) groups excluding carboxylic acids is 2. The maximum atomic E-state index is 13.7. The zero-order valence-electron chi connectivity index (χ0n) is 21.7. The van der Waals surface area contributed by atoms with Gasteiger partial charge in [-0.2, -0.15) is 0 Å². The molecule has 0 aliphatic heterocycles. The number of hydrogen-bond donors (Lipinski definition) is 1. The number of para-hydroxylation sites is 1. The second-order valence-corrected chi connectivity index (χ2v) is 11.2. The van der Waals surface area contributed by atoms with E-state index in [1.54, 1.807) is 19.1 Å². The lowest BCUT2D eigenvalue weighted by Crippen LogP contribution is -2.51. The molecule has 2 aromatic rings. The highest BCUT2D eigenvalue weighted by molar-refractivity contribution is 7.92. The molecule has 35 heavy (non-hydrogen) atoms. The van der Waals surface area contributed by atoms with Crippen LogP contribution in [0.1, 0.15) is 63.1 Å². The fourth-order valence-electron chi connectivity index (χ4n) is 3.92. The molecule has 0 spiro atoms. The summed E-state index contributed by atoms with van der Waals surface area (Å²) in [5.74, 6) is -0.626. The van der Waals surface area contributed by atoms with E-state index in [1.165, 1.54) is 4.90 Å². The number of hydrogen-bond acceptors (Lipinski definition) is 4. The Labute approximate surface area is 210 Å². The van der Waals surface area contributed by atoms with Crippen molar-refractivity contribution < 1.29 is 18.0 Å². The summed E-state index contributed by atoms with van der Waals surface area (Å²) < 4.78 is 26.8. The molecule has 0 aliphatic rings. The van der Waals surface area contributed by atoms with E-state index in [2.05, 4.69) is 5.32 Å². The first-order valence-electron chi connectivity index (χ1n) is 12.1. The molecular weight excluding hydrogens is 462 g/mol. The lowest BCUT2D eigenvalue weighted by molar-refractivity contribution is -0.139. The second kappa shape index (κ2) is 12.7. The van der Waals surface area contributed by atoms with E-state index in [0.717, 1.165) is 40.1 Å². The van der Waals surface area contributed by atoms with E-state index in [9.17, 15) is 18.0 Å². The third-order valence-corrected chi connectivity index (χ3v) is 7.07. The summed E-state index contributed by atoms with van der Waals surface area (Å²) in [6, 6.07) is 14.2. The predicted molar refractivity (Wildman–Crippen MR) is 142 cm³/mol. The molecule has 7 nitrogen and oxygen atoms in total. The van der Waals surface area contributed by atoms with Gasteiger partial charge in [0.05, 0.1) is 11.9 Å². The largest absolute Gasteiger partial charge is 0.354 e. The Morgan fingerprint density at radius 3 is 2.31 bits per heavy atom. The molecular formula is C27H39N3O4S. The highest BCUT2D eigenvalue weighted by Gasteiger charge is 2.31. The van der Waals surface area contributed by atoms with Gasteiger partial charge in [-0.3, -0.25) is 13.9 Å². The van der Waals surface area contributed by atoms with Crippen molar-refractivity contribution in [3.8, 4) is 0 Å². The van der Waals surface area contributed by atoms with E-state index < -0.39 is 22.0 Å². The van der Waals surface area contributed by atoms with Crippen LogP contribution in [0.25, 0.3) is 0 Å². The Morgan fingerprint density at radius 1 is 1.03 bits per heavy atom. The number of anilines is 1. The third kappa shape index (κ3) is 8.09. The molecule has 192 valence electrons. The van der Waals surface area contributed by atoms with Crippen LogP contribution in [0, 0.1) is 6.92 Å². The van der Waals surface area contributed by atoms with Crippen LogP contribution in [0.3, 0.4) is 0 Å². The van der Waals surface area contributed by atoms with E-state index in [1.807, 2.05) is 64.1 Å². The zero-order chi connectivity index (χ0) is 26.2. The van der Waals surface area contributed by atoms with Crippen molar-refractivity contribution >= 4 is 27.5 Å². The molecule has 0 saturated heterocycles. The molecule has 8 heteroatoms. The van der Waals surface area contributed by atoms with Crippen molar-refractivity contribution in [2.75, 3.05) is 23.7 Å². The minimum absolute atomic E-state index is 0.0669. The molecule has 2 amide bonds. The van der Waals surface area contributed by atoms with Crippen LogP contribution in [0.2, 0.25) is 0 Å². The number of unbranched alkanes of at least 4 members (excludes halogenated alkanes) is 1. The van der Waals surface area contributed by atoms with Gasteiger partial charge in [0.15, 0.2) is 0 Å². The molecule has 1 N–H and O–H groups in total. The van der Waals surface area contributed by atoms with E-state index in [4.69, 9.17) is 0 Å². The summed E-state index contributed by atoms with van der Waals surface area (Å²) in [6.07, 6.45) is 2.89. The average molecular weight is 502 g/mol. The van der Waals surface area contributed by atoms with Gasteiger partial charge in [0.2, 0.25) is 21.8 Å². The number of nitrogens with one attached hydrogen (secondary N) is 1. The highest BCUT2D eigenvalue weighted by Crippen LogP contribution is 2.29. The first-order chi connectivity index (χ1) is 16.5. The topological polar surface area (TPSA) is 86.8 Å². The molecule has 0 radical (unpaired) electrons. The number of carbonyl (C=O) groups is 2. The maximum Gasteiger partial charge on any atom is 0.244 e. The molecule has 0 fully saturated rings. The van der Waals surface area contributed by atoms with Crippen LogP contribution in [0.4, 0.5) is 5.69 Å². The van der Waals surface area contributed by atoms with E-state index in [0.29, 0.717) is 12.2 Å². The highest BCUT2D eigenvalue weighted by atomic mass is 32.2. The molecule has 0 heterocycles.